The molecule has 0 aliphatic rings. The number of aromatic amines is 2. The quantitative estimate of drug-likeness (QED) is 0.352. The van der Waals surface area contributed by atoms with Crippen molar-refractivity contribution in [3.63, 3.8) is 0 Å². The lowest BCUT2D eigenvalue weighted by Crippen LogP contribution is -2.18. The highest BCUT2D eigenvalue weighted by atomic mass is 19.2. The van der Waals surface area contributed by atoms with Crippen LogP contribution in [-0.4, -0.2) is 33.2 Å². The summed E-state index contributed by atoms with van der Waals surface area (Å²) in [5.41, 5.74) is 1.23. The summed E-state index contributed by atoms with van der Waals surface area (Å²) in [6.45, 7) is 0. The van der Waals surface area contributed by atoms with E-state index in [1.165, 1.54) is 19.5 Å². The van der Waals surface area contributed by atoms with Gasteiger partial charge in [-0.2, -0.15) is 0 Å². The Balaban J connectivity index is 1.86. The van der Waals surface area contributed by atoms with Crippen molar-refractivity contribution in [2.45, 2.75) is 18.8 Å². The van der Waals surface area contributed by atoms with Gasteiger partial charge in [0.1, 0.15) is 5.82 Å². The molecule has 164 valence electrons. The van der Waals surface area contributed by atoms with E-state index in [0.717, 1.165) is 6.07 Å². The van der Waals surface area contributed by atoms with Crippen molar-refractivity contribution < 1.29 is 22.7 Å². The number of nitrogens with one attached hydrogen (secondary N) is 2. The highest BCUT2D eigenvalue weighted by Crippen LogP contribution is 2.33. The third kappa shape index (κ3) is 3.98. The Morgan fingerprint density at radius 1 is 1.06 bits per heavy atom. The Bertz CT molecular complexity index is 1360. The molecule has 7 nitrogen and oxygen atoms in total. The molecule has 2 N–H and O–H groups in total. The van der Waals surface area contributed by atoms with E-state index in [0.29, 0.717) is 22.7 Å². The first-order chi connectivity index (χ1) is 15.4. The fraction of sp³-hybridized carbons (Fsp3) is 0.182. The Morgan fingerprint density at radius 3 is 2.59 bits per heavy atom. The van der Waals surface area contributed by atoms with Crippen LogP contribution < -0.4 is 5.56 Å². The van der Waals surface area contributed by atoms with E-state index >= 15 is 0 Å². The summed E-state index contributed by atoms with van der Waals surface area (Å²) in [6.07, 6.45) is 2.55. The molecule has 2 heterocycles. The number of hydrogen-bond donors (Lipinski definition) is 2. The number of fused-ring (bicyclic) bond motifs is 1. The Labute approximate surface area is 179 Å². The zero-order valence-corrected chi connectivity index (χ0v) is 16.8. The second-order valence-electron chi connectivity index (χ2n) is 7.11. The van der Waals surface area contributed by atoms with Gasteiger partial charge in [-0.05, 0) is 23.3 Å². The summed E-state index contributed by atoms with van der Waals surface area (Å²) in [5.74, 6) is -4.89. The second-order valence-corrected chi connectivity index (χ2v) is 7.11. The summed E-state index contributed by atoms with van der Waals surface area (Å²) in [6, 6.07) is 6.34. The maximum Gasteiger partial charge on any atom is 0.306 e. The number of para-hydroxylation sites is 1. The summed E-state index contributed by atoms with van der Waals surface area (Å²) >= 11 is 0. The maximum atomic E-state index is 14.3. The number of halogens is 3. The Hall–Kier alpha value is -3.95. The van der Waals surface area contributed by atoms with E-state index in [1.807, 2.05) is 0 Å². The van der Waals surface area contributed by atoms with E-state index in [-0.39, 0.29) is 29.7 Å². The van der Waals surface area contributed by atoms with Crippen molar-refractivity contribution in [1.29, 1.82) is 0 Å². The molecule has 4 rings (SSSR count). The molecule has 0 radical (unpaired) electrons. The molecule has 0 saturated carbocycles. The number of aromatic nitrogens is 4. The zero-order chi connectivity index (χ0) is 22.8. The number of rotatable bonds is 6. The molecule has 2 aromatic heterocycles. The molecule has 0 aliphatic heterocycles. The van der Waals surface area contributed by atoms with Gasteiger partial charge in [-0.3, -0.25) is 24.7 Å². The second kappa shape index (κ2) is 8.66. The molecule has 10 heteroatoms. The van der Waals surface area contributed by atoms with Crippen LogP contribution in [0.25, 0.3) is 11.0 Å². The van der Waals surface area contributed by atoms with Gasteiger partial charge in [0.15, 0.2) is 11.6 Å². The van der Waals surface area contributed by atoms with Crippen molar-refractivity contribution in [2.75, 3.05) is 7.11 Å². The normalized spacial score (nSPS) is 12.1. The van der Waals surface area contributed by atoms with Crippen LogP contribution in [0.3, 0.4) is 0 Å². The van der Waals surface area contributed by atoms with Crippen LogP contribution in [0, 0.1) is 17.5 Å². The number of carbonyl (C=O) groups excluding carboxylic acids is 1. The molecule has 1 atom stereocenters. The largest absolute Gasteiger partial charge is 0.469 e. The molecule has 0 bridgehead atoms. The van der Waals surface area contributed by atoms with Crippen LogP contribution in [0.15, 0.2) is 47.5 Å². The number of esters is 1. The van der Waals surface area contributed by atoms with Crippen molar-refractivity contribution in [3.8, 4) is 0 Å². The summed E-state index contributed by atoms with van der Waals surface area (Å²) in [5, 5.41) is 5.10. The summed E-state index contributed by atoms with van der Waals surface area (Å²) < 4.78 is 46.1. The molecule has 2 aromatic carbocycles. The lowest BCUT2D eigenvalue weighted by atomic mass is 9.86. The average molecular weight is 442 g/mol. The van der Waals surface area contributed by atoms with Gasteiger partial charge in [0.05, 0.1) is 24.6 Å². The van der Waals surface area contributed by atoms with Gasteiger partial charge in [0.2, 0.25) is 0 Å². The van der Waals surface area contributed by atoms with Gasteiger partial charge in [-0.15, -0.1) is 0 Å². The first-order valence-electron chi connectivity index (χ1n) is 9.58. The summed E-state index contributed by atoms with van der Waals surface area (Å²) in [7, 11) is 1.22. The van der Waals surface area contributed by atoms with Gasteiger partial charge in [0.25, 0.3) is 5.56 Å². The van der Waals surface area contributed by atoms with Gasteiger partial charge in [0, 0.05) is 42.1 Å². The maximum absolute atomic E-state index is 14.3. The number of benzene rings is 2. The van der Waals surface area contributed by atoms with E-state index < -0.39 is 34.9 Å². The number of carbonyl (C=O) groups is 1. The molecule has 32 heavy (non-hydrogen) atoms. The number of methoxy groups -OCH3 is 1. The minimum absolute atomic E-state index is 0.137. The highest BCUT2D eigenvalue weighted by Gasteiger charge is 2.28. The third-order valence-corrected chi connectivity index (χ3v) is 5.21. The minimum Gasteiger partial charge on any atom is -0.469 e. The van der Waals surface area contributed by atoms with Crippen LogP contribution in [0.5, 0.6) is 0 Å². The minimum atomic E-state index is -1.31. The average Bonchev–Trinajstić information content (AvgIpc) is 3.15. The first-order valence-corrected chi connectivity index (χ1v) is 9.58. The number of hydrogen-bond acceptors (Lipinski definition) is 5. The highest BCUT2D eigenvalue weighted by molar-refractivity contribution is 5.80. The Kier molecular flexibility index (Phi) is 5.76. The smallest absolute Gasteiger partial charge is 0.306 e. The van der Waals surface area contributed by atoms with Crippen LogP contribution >= 0.6 is 0 Å². The fourth-order valence-electron chi connectivity index (χ4n) is 3.72. The zero-order valence-electron chi connectivity index (χ0n) is 16.8. The molecule has 0 spiro atoms. The summed E-state index contributed by atoms with van der Waals surface area (Å²) in [4.78, 5) is 33.5. The third-order valence-electron chi connectivity index (χ3n) is 5.21. The number of ether oxygens (including phenoxy) is 1. The SMILES string of the molecule is COC(=O)CC(c1c(Cc2cc(F)c(F)cc2F)[nH][nH]c1=O)c1cccc2nccnc12. The van der Waals surface area contributed by atoms with Gasteiger partial charge in [-0.25, -0.2) is 13.2 Å². The molecule has 0 amide bonds. The molecule has 4 aromatic rings. The van der Waals surface area contributed by atoms with Gasteiger partial charge >= 0.3 is 5.97 Å². The Morgan fingerprint density at radius 2 is 1.81 bits per heavy atom. The number of H-pyrrole nitrogens is 2. The molecular weight excluding hydrogens is 425 g/mol. The topological polar surface area (TPSA) is 101 Å². The van der Waals surface area contributed by atoms with Gasteiger partial charge in [-0.1, -0.05) is 12.1 Å². The van der Waals surface area contributed by atoms with Crippen molar-refractivity contribution in [1.82, 2.24) is 20.2 Å². The first kappa shape index (κ1) is 21.3. The van der Waals surface area contributed by atoms with Crippen molar-refractivity contribution in [3.05, 3.63) is 92.9 Å². The molecular formula is C22H17F3N4O3. The van der Waals surface area contributed by atoms with E-state index in [4.69, 9.17) is 4.74 Å². The molecule has 0 aliphatic carbocycles. The van der Waals surface area contributed by atoms with Gasteiger partial charge < -0.3 is 9.84 Å². The van der Waals surface area contributed by atoms with E-state index in [2.05, 4.69) is 20.2 Å². The van der Waals surface area contributed by atoms with E-state index in [1.54, 1.807) is 18.2 Å². The number of nitrogens with zero attached hydrogens (tertiary/aromatic N) is 2. The van der Waals surface area contributed by atoms with E-state index in [9.17, 15) is 22.8 Å². The van der Waals surface area contributed by atoms with Crippen molar-refractivity contribution >= 4 is 17.0 Å². The lowest BCUT2D eigenvalue weighted by Gasteiger charge is -2.18. The van der Waals surface area contributed by atoms with Crippen LogP contribution in [0.4, 0.5) is 13.2 Å². The fourth-order valence-corrected chi connectivity index (χ4v) is 3.72. The predicted octanol–water partition coefficient (Wildman–Crippen LogP) is 3.35. The predicted molar refractivity (Wildman–Crippen MR) is 109 cm³/mol. The van der Waals surface area contributed by atoms with Crippen LogP contribution in [0.2, 0.25) is 0 Å². The molecule has 0 fully saturated rings. The molecule has 1 unspecified atom stereocenters. The van der Waals surface area contributed by atoms with Crippen molar-refractivity contribution in [2.24, 2.45) is 0 Å². The molecule has 0 saturated heterocycles. The monoisotopic (exact) mass is 442 g/mol. The van der Waals surface area contributed by atoms with Crippen LogP contribution in [-0.2, 0) is 16.0 Å². The lowest BCUT2D eigenvalue weighted by molar-refractivity contribution is -0.140. The van der Waals surface area contributed by atoms with Crippen LogP contribution in [0.1, 0.15) is 34.7 Å². The standard InChI is InChI=1S/C22H17F3N4O3/c1-32-19(30)9-13(12-3-2-4-17-21(12)27-6-5-26-17)20-18(28-29-22(20)31)8-11-7-15(24)16(25)10-14(11)23/h2-7,10,13H,8-9H2,1H3,(H2,28,29,31).